The maximum Gasteiger partial charge on any atom is 0.471 e. The van der Waals surface area contributed by atoms with Crippen LogP contribution in [0.15, 0.2) is 24.5 Å². The first-order valence-corrected chi connectivity index (χ1v) is 4.19. The Morgan fingerprint density at radius 3 is 2.67 bits per heavy atom. The van der Waals surface area contributed by atoms with Gasteiger partial charge >= 0.3 is 12.1 Å². The van der Waals surface area contributed by atoms with E-state index in [1.165, 1.54) is 19.3 Å². The monoisotopic (exact) mass is 218 g/mol. The number of carbonyl (C=O) groups excluding carboxylic acids is 1. The van der Waals surface area contributed by atoms with Crippen LogP contribution in [0.3, 0.4) is 0 Å². The molecule has 1 rings (SSSR count). The molecule has 1 heterocycles. The third-order valence-electron chi connectivity index (χ3n) is 1.79. The number of amides is 1. The van der Waals surface area contributed by atoms with Gasteiger partial charge in [-0.15, -0.1) is 0 Å². The van der Waals surface area contributed by atoms with Crippen molar-refractivity contribution < 1.29 is 18.0 Å². The SMILES string of the molecule is C[C@@H](NC(=O)C(F)(F)F)c1cccnc1. The summed E-state index contributed by atoms with van der Waals surface area (Å²) in [6.07, 6.45) is -1.94. The van der Waals surface area contributed by atoms with Gasteiger partial charge < -0.3 is 5.32 Å². The van der Waals surface area contributed by atoms with Crippen molar-refractivity contribution in [3.63, 3.8) is 0 Å². The summed E-state index contributed by atoms with van der Waals surface area (Å²) in [7, 11) is 0. The van der Waals surface area contributed by atoms with Crippen LogP contribution in [0, 0.1) is 0 Å². The molecule has 0 saturated heterocycles. The molecule has 1 atom stereocenters. The van der Waals surface area contributed by atoms with Gasteiger partial charge in [0, 0.05) is 12.4 Å². The van der Waals surface area contributed by atoms with Gasteiger partial charge in [0.15, 0.2) is 0 Å². The van der Waals surface area contributed by atoms with Crippen molar-refractivity contribution in [2.24, 2.45) is 0 Å². The standard InChI is InChI=1S/C9H9F3N2O/c1-6(7-3-2-4-13-5-7)14-8(15)9(10,11)12/h2-6H,1H3,(H,14,15)/t6-/m1/s1. The molecule has 0 aliphatic carbocycles. The summed E-state index contributed by atoms with van der Waals surface area (Å²) in [5, 5.41) is 1.83. The average molecular weight is 218 g/mol. The predicted octanol–water partition coefficient (Wildman–Crippen LogP) is 1.82. The Bertz CT molecular complexity index is 337. The highest BCUT2D eigenvalue weighted by Gasteiger charge is 2.39. The van der Waals surface area contributed by atoms with E-state index in [2.05, 4.69) is 4.98 Å². The van der Waals surface area contributed by atoms with Gasteiger partial charge in [-0.25, -0.2) is 0 Å². The van der Waals surface area contributed by atoms with Gasteiger partial charge in [-0.3, -0.25) is 9.78 Å². The molecule has 0 saturated carbocycles. The molecule has 0 bridgehead atoms. The highest BCUT2D eigenvalue weighted by atomic mass is 19.4. The lowest BCUT2D eigenvalue weighted by Crippen LogP contribution is -2.38. The number of nitrogens with one attached hydrogen (secondary N) is 1. The number of pyridine rings is 1. The van der Waals surface area contributed by atoms with Crippen LogP contribution in [0.5, 0.6) is 0 Å². The van der Waals surface area contributed by atoms with Crippen molar-refractivity contribution in [3.8, 4) is 0 Å². The van der Waals surface area contributed by atoms with E-state index in [1.807, 2.05) is 5.32 Å². The third-order valence-corrected chi connectivity index (χ3v) is 1.79. The minimum absolute atomic E-state index is 0.523. The van der Waals surface area contributed by atoms with Crippen LogP contribution in [0.25, 0.3) is 0 Å². The molecular formula is C9H9F3N2O. The summed E-state index contributed by atoms with van der Waals surface area (Å²) < 4.78 is 35.7. The van der Waals surface area contributed by atoms with Crippen LogP contribution >= 0.6 is 0 Å². The molecule has 1 aromatic rings. The number of halogens is 3. The molecule has 0 aliphatic rings. The largest absolute Gasteiger partial charge is 0.471 e. The lowest BCUT2D eigenvalue weighted by molar-refractivity contribution is -0.174. The molecule has 15 heavy (non-hydrogen) atoms. The number of carbonyl (C=O) groups is 1. The molecule has 1 N–H and O–H groups in total. The van der Waals surface area contributed by atoms with Crippen molar-refractivity contribution >= 4 is 5.91 Å². The molecule has 6 heteroatoms. The van der Waals surface area contributed by atoms with Crippen molar-refractivity contribution in [2.75, 3.05) is 0 Å². The zero-order chi connectivity index (χ0) is 11.5. The van der Waals surface area contributed by atoms with Crippen LogP contribution in [-0.4, -0.2) is 17.1 Å². The van der Waals surface area contributed by atoms with E-state index in [9.17, 15) is 18.0 Å². The lowest BCUT2D eigenvalue weighted by Gasteiger charge is -2.14. The number of rotatable bonds is 2. The zero-order valence-corrected chi connectivity index (χ0v) is 7.88. The van der Waals surface area contributed by atoms with E-state index >= 15 is 0 Å². The normalized spacial score (nSPS) is 13.3. The van der Waals surface area contributed by atoms with Crippen LogP contribution in [0.2, 0.25) is 0 Å². The maximum absolute atomic E-state index is 11.9. The van der Waals surface area contributed by atoms with Crippen LogP contribution in [-0.2, 0) is 4.79 Å². The smallest absolute Gasteiger partial charge is 0.342 e. The first-order valence-electron chi connectivity index (χ1n) is 4.19. The Kier molecular flexibility index (Phi) is 3.28. The summed E-state index contributed by atoms with van der Waals surface area (Å²) in [4.78, 5) is 14.3. The van der Waals surface area contributed by atoms with Crippen molar-refractivity contribution in [1.82, 2.24) is 10.3 Å². The summed E-state index contributed by atoms with van der Waals surface area (Å²) >= 11 is 0. The number of nitrogens with zero attached hydrogens (tertiary/aromatic N) is 1. The fourth-order valence-corrected chi connectivity index (χ4v) is 0.994. The number of hydrogen-bond donors (Lipinski definition) is 1. The van der Waals surface area contributed by atoms with Gasteiger partial charge in [-0.05, 0) is 18.6 Å². The molecule has 0 aromatic carbocycles. The van der Waals surface area contributed by atoms with Gasteiger partial charge in [-0.2, -0.15) is 13.2 Å². The Morgan fingerprint density at radius 1 is 1.53 bits per heavy atom. The first kappa shape index (κ1) is 11.5. The highest BCUT2D eigenvalue weighted by molar-refractivity contribution is 5.82. The molecule has 0 spiro atoms. The second-order valence-corrected chi connectivity index (χ2v) is 2.98. The Balaban J connectivity index is 2.65. The third kappa shape index (κ3) is 3.23. The summed E-state index contributed by atoms with van der Waals surface area (Å²) in [6, 6.07) is 2.47. The predicted molar refractivity (Wildman–Crippen MR) is 46.8 cm³/mol. The van der Waals surface area contributed by atoms with E-state index in [0.717, 1.165) is 0 Å². The van der Waals surface area contributed by atoms with Gasteiger partial charge in [0.25, 0.3) is 0 Å². The Hall–Kier alpha value is -1.59. The fourth-order valence-electron chi connectivity index (χ4n) is 0.994. The van der Waals surface area contributed by atoms with E-state index in [4.69, 9.17) is 0 Å². The van der Waals surface area contributed by atoms with Crippen LogP contribution < -0.4 is 5.32 Å². The zero-order valence-electron chi connectivity index (χ0n) is 7.88. The number of aromatic nitrogens is 1. The molecule has 1 amide bonds. The summed E-state index contributed by atoms with van der Waals surface area (Å²) in [6.45, 7) is 1.46. The highest BCUT2D eigenvalue weighted by Crippen LogP contribution is 2.17. The van der Waals surface area contributed by atoms with E-state index in [-0.39, 0.29) is 0 Å². The average Bonchev–Trinajstić information content (AvgIpc) is 2.17. The topological polar surface area (TPSA) is 42.0 Å². The van der Waals surface area contributed by atoms with Crippen molar-refractivity contribution in [2.45, 2.75) is 19.1 Å². The second-order valence-electron chi connectivity index (χ2n) is 2.98. The number of hydrogen-bond acceptors (Lipinski definition) is 2. The Morgan fingerprint density at radius 2 is 2.20 bits per heavy atom. The molecule has 3 nitrogen and oxygen atoms in total. The van der Waals surface area contributed by atoms with Crippen molar-refractivity contribution in [1.29, 1.82) is 0 Å². The van der Waals surface area contributed by atoms with Gasteiger partial charge in [0.05, 0.1) is 6.04 Å². The molecule has 0 unspecified atom stereocenters. The second kappa shape index (κ2) is 4.29. The minimum Gasteiger partial charge on any atom is -0.342 e. The van der Waals surface area contributed by atoms with Gasteiger partial charge in [-0.1, -0.05) is 6.07 Å². The first-order chi connectivity index (χ1) is 6.91. The van der Waals surface area contributed by atoms with E-state index in [1.54, 1.807) is 12.1 Å². The van der Waals surface area contributed by atoms with E-state index in [0.29, 0.717) is 5.56 Å². The van der Waals surface area contributed by atoms with Crippen LogP contribution in [0.1, 0.15) is 18.5 Å². The van der Waals surface area contributed by atoms with Gasteiger partial charge in [0.2, 0.25) is 0 Å². The summed E-state index contributed by atoms with van der Waals surface area (Å²) in [5.74, 6) is -1.95. The summed E-state index contributed by atoms with van der Waals surface area (Å²) in [5.41, 5.74) is 0.523. The minimum atomic E-state index is -4.85. The molecule has 82 valence electrons. The molecule has 1 aromatic heterocycles. The quantitative estimate of drug-likeness (QED) is 0.822. The van der Waals surface area contributed by atoms with E-state index < -0.39 is 18.1 Å². The number of alkyl halides is 3. The van der Waals surface area contributed by atoms with Crippen molar-refractivity contribution in [3.05, 3.63) is 30.1 Å². The maximum atomic E-state index is 11.9. The fraction of sp³-hybridized carbons (Fsp3) is 0.333. The van der Waals surface area contributed by atoms with Crippen LogP contribution in [0.4, 0.5) is 13.2 Å². The van der Waals surface area contributed by atoms with Gasteiger partial charge in [0.1, 0.15) is 0 Å². The molecular weight excluding hydrogens is 209 g/mol. The molecule has 0 aliphatic heterocycles. The Labute approximate surface area is 84.3 Å². The molecule has 0 radical (unpaired) electrons. The molecule has 0 fully saturated rings. The lowest BCUT2D eigenvalue weighted by atomic mass is 10.1.